The molecule has 2 N–H and O–H groups in total. The fourth-order valence-corrected chi connectivity index (χ4v) is 2.39. The fraction of sp³-hybridized carbons (Fsp3) is 0.769. The van der Waals surface area contributed by atoms with Crippen molar-refractivity contribution in [2.24, 2.45) is 5.92 Å². The topological polar surface area (TPSA) is 95.9 Å². The van der Waals surface area contributed by atoms with Crippen LogP contribution in [0.3, 0.4) is 0 Å². The molecular formula is C13H20N2O5. The van der Waals surface area contributed by atoms with Crippen molar-refractivity contribution < 1.29 is 24.2 Å². The molecule has 2 aliphatic rings. The van der Waals surface area contributed by atoms with Gasteiger partial charge in [0.15, 0.2) is 0 Å². The molecule has 2 fully saturated rings. The molecular weight excluding hydrogens is 264 g/mol. The van der Waals surface area contributed by atoms with Crippen molar-refractivity contribution in [3.8, 4) is 0 Å². The summed E-state index contributed by atoms with van der Waals surface area (Å²) < 4.78 is 4.84. The maximum Gasteiger partial charge on any atom is 0.329 e. The lowest BCUT2D eigenvalue weighted by Gasteiger charge is -2.23. The van der Waals surface area contributed by atoms with Gasteiger partial charge >= 0.3 is 5.97 Å². The van der Waals surface area contributed by atoms with Crippen LogP contribution in [-0.2, 0) is 19.1 Å². The van der Waals surface area contributed by atoms with Gasteiger partial charge in [-0.05, 0) is 25.7 Å². The maximum atomic E-state index is 12.0. The van der Waals surface area contributed by atoms with Crippen LogP contribution in [0, 0.1) is 5.92 Å². The zero-order chi connectivity index (χ0) is 14.5. The van der Waals surface area contributed by atoms with E-state index < -0.39 is 5.97 Å². The number of rotatable bonds is 7. The number of amides is 2. The molecule has 112 valence electrons. The zero-order valence-corrected chi connectivity index (χ0v) is 11.3. The van der Waals surface area contributed by atoms with Gasteiger partial charge < -0.3 is 20.1 Å². The molecule has 1 saturated carbocycles. The van der Waals surface area contributed by atoms with E-state index in [1.807, 2.05) is 0 Å². The number of ether oxygens (including phenoxy) is 1. The van der Waals surface area contributed by atoms with Crippen LogP contribution < -0.4 is 5.32 Å². The molecule has 1 heterocycles. The minimum absolute atomic E-state index is 0.102. The molecule has 0 aromatic carbocycles. The summed E-state index contributed by atoms with van der Waals surface area (Å²) >= 11 is 0. The maximum absolute atomic E-state index is 12.0. The van der Waals surface area contributed by atoms with Gasteiger partial charge in [0.2, 0.25) is 11.8 Å². The highest BCUT2D eigenvalue weighted by molar-refractivity contribution is 5.89. The third-order valence-corrected chi connectivity index (χ3v) is 3.54. The van der Waals surface area contributed by atoms with Crippen molar-refractivity contribution >= 4 is 17.8 Å². The Morgan fingerprint density at radius 3 is 2.65 bits per heavy atom. The van der Waals surface area contributed by atoms with E-state index in [2.05, 4.69) is 5.32 Å². The van der Waals surface area contributed by atoms with E-state index in [9.17, 15) is 14.4 Å². The highest BCUT2D eigenvalue weighted by Gasteiger charge is 2.40. The molecule has 7 heteroatoms. The van der Waals surface area contributed by atoms with Crippen molar-refractivity contribution in [3.05, 3.63) is 0 Å². The Balaban J connectivity index is 1.70. The minimum atomic E-state index is -1.03. The van der Waals surface area contributed by atoms with Crippen LogP contribution in [0.1, 0.15) is 25.7 Å². The molecule has 0 radical (unpaired) electrons. The van der Waals surface area contributed by atoms with Crippen molar-refractivity contribution in [2.45, 2.75) is 31.7 Å². The molecule has 1 atom stereocenters. The van der Waals surface area contributed by atoms with E-state index in [4.69, 9.17) is 9.84 Å². The molecule has 2 rings (SSSR count). The first kappa shape index (κ1) is 14.8. The van der Waals surface area contributed by atoms with Crippen molar-refractivity contribution in [2.75, 3.05) is 26.3 Å². The number of hydrogen-bond acceptors (Lipinski definition) is 4. The normalized spacial score (nSPS) is 21.8. The van der Waals surface area contributed by atoms with Gasteiger partial charge in [-0.15, -0.1) is 0 Å². The Kier molecular flexibility index (Phi) is 4.94. The molecule has 2 amide bonds. The van der Waals surface area contributed by atoms with Gasteiger partial charge in [-0.3, -0.25) is 9.59 Å². The smallest absolute Gasteiger partial charge is 0.329 e. The van der Waals surface area contributed by atoms with Crippen LogP contribution >= 0.6 is 0 Å². The van der Waals surface area contributed by atoms with Crippen LogP contribution in [0.5, 0.6) is 0 Å². The van der Waals surface area contributed by atoms with Gasteiger partial charge in [0, 0.05) is 19.0 Å². The van der Waals surface area contributed by atoms with Gasteiger partial charge in [-0.2, -0.15) is 0 Å². The number of carboxylic acids is 1. The first-order valence-corrected chi connectivity index (χ1v) is 6.97. The van der Waals surface area contributed by atoms with E-state index >= 15 is 0 Å². The summed E-state index contributed by atoms with van der Waals surface area (Å²) in [7, 11) is 0. The summed E-state index contributed by atoms with van der Waals surface area (Å²) in [6.45, 7) is 0.698. The van der Waals surface area contributed by atoms with Gasteiger partial charge in [-0.1, -0.05) is 0 Å². The summed E-state index contributed by atoms with van der Waals surface area (Å²) in [6, 6.07) is -0.373. The summed E-state index contributed by atoms with van der Waals surface area (Å²) in [5.41, 5.74) is 0. The highest BCUT2D eigenvalue weighted by Crippen LogP contribution is 2.33. The second kappa shape index (κ2) is 6.69. The second-order valence-corrected chi connectivity index (χ2v) is 5.20. The van der Waals surface area contributed by atoms with Crippen LogP contribution in [0.25, 0.3) is 0 Å². The number of hydrogen-bond donors (Lipinski definition) is 2. The lowest BCUT2D eigenvalue weighted by atomic mass is 10.2. The Hall–Kier alpha value is -1.63. The molecule has 20 heavy (non-hydrogen) atoms. The molecule has 1 unspecified atom stereocenters. The standard InChI is InChI=1S/C13H20N2O5/c16-11(17)8-20-7-5-14-12(18)10-2-1-6-15(10)13(19)9-3-4-9/h9-10H,1-8H2,(H,14,18)(H,16,17). The average molecular weight is 284 g/mol. The first-order valence-electron chi connectivity index (χ1n) is 6.97. The zero-order valence-electron chi connectivity index (χ0n) is 11.3. The molecule has 1 saturated heterocycles. The first-order chi connectivity index (χ1) is 9.59. The largest absolute Gasteiger partial charge is 0.480 e. The summed E-state index contributed by atoms with van der Waals surface area (Å²) in [6.07, 6.45) is 3.42. The van der Waals surface area contributed by atoms with Crippen LogP contribution in [0.15, 0.2) is 0 Å². The van der Waals surface area contributed by atoms with E-state index in [-0.39, 0.29) is 43.5 Å². The number of carbonyl (C=O) groups is 3. The minimum Gasteiger partial charge on any atom is -0.480 e. The molecule has 0 aromatic heterocycles. The lowest BCUT2D eigenvalue weighted by molar-refractivity contribution is -0.142. The average Bonchev–Trinajstić information content (AvgIpc) is 3.14. The van der Waals surface area contributed by atoms with E-state index in [0.717, 1.165) is 19.3 Å². The van der Waals surface area contributed by atoms with Crippen molar-refractivity contribution in [3.63, 3.8) is 0 Å². The van der Waals surface area contributed by atoms with Crippen molar-refractivity contribution in [1.82, 2.24) is 10.2 Å². The molecule has 7 nitrogen and oxygen atoms in total. The van der Waals surface area contributed by atoms with E-state index in [1.54, 1.807) is 4.90 Å². The van der Waals surface area contributed by atoms with Crippen LogP contribution in [0.2, 0.25) is 0 Å². The Labute approximate surface area is 117 Å². The third kappa shape index (κ3) is 3.93. The predicted molar refractivity (Wildman–Crippen MR) is 68.9 cm³/mol. The summed E-state index contributed by atoms with van der Waals surface area (Å²) in [5, 5.41) is 11.1. The number of carboxylic acid groups (broad SMARTS) is 1. The molecule has 0 spiro atoms. The number of likely N-dealkylation sites (tertiary alicyclic amines) is 1. The van der Waals surface area contributed by atoms with Crippen LogP contribution in [-0.4, -0.2) is 60.1 Å². The molecule has 1 aliphatic carbocycles. The highest BCUT2D eigenvalue weighted by atomic mass is 16.5. The lowest BCUT2D eigenvalue weighted by Crippen LogP contribution is -2.47. The fourth-order valence-electron chi connectivity index (χ4n) is 2.39. The van der Waals surface area contributed by atoms with Gasteiger partial charge in [0.25, 0.3) is 0 Å². The van der Waals surface area contributed by atoms with Gasteiger partial charge in [0.05, 0.1) is 6.61 Å². The number of nitrogens with one attached hydrogen (secondary N) is 1. The number of aliphatic carboxylic acids is 1. The van der Waals surface area contributed by atoms with Gasteiger partial charge in [0.1, 0.15) is 12.6 Å². The van der Waals surface area contributed by atoms with E-state index in [1.165, 1.54) is 0 Å². The second-order valence-electron chi connectivity index (χ2n) is 5.20. The van der Waals surface area contributed by atoms with Gasteiger partial charge in [-0.25, -0.2) is 4.79 Å². The Bertz CT molecular complexity index is 394. The summed E-state index contributed by atoms with van der Waals surface area (Å²) in [4.78, 5) is 36.0. The molecule has 0 aromatic rings. The number of carbonyl (C=O) groups excluding carboxylic acids is 2. The number of nitrogens with zero attached hydrogens (tertiary/aromatic N) is 1. The summed E-state index contributed by atoms with van der Waals surface area (Å²) in [5.74, 6) is -0.976. The monoisotopic (exact) mass is 284 g/mol. The SMILES string of the molecule is O=C(O)COCCNC(=O)C1CCCN1C(=O)C1CC1. The Morgan fingerprint density at radius 2 is 2.00 bits per heavy atom. The predicted octanol–water partition coefficient (Wildman–Crippen LogP) is -0.395. The molecule has 0 bridgehead atoms. The van der Waals surface area contributed by atoms with Crippen molar-refractivity contribution in [1.29, 1.82) is 0 Å². The molecule has 1 aliphatic heterocycles. The quantitative estimate of drug-likeness (QED) is 0.620. The third-order valence-electron chi connectivity index (χ3n) is 3.54. The Morgan fingerprint density at radius 1 is 1.25 bits per heavy atom. The van der Waals surface area contributed by atoms with E-state index in [0.29, 0.717) is 13.0 Å². The van der Waals surface area contributed by atoms with Crippen LogP contribution in [0.4, 0.5) is 0 Å².